The largest absolute Gasteiger partial charge is 0.337 e. The number of thioether (sulfide) groups is 2. The molecule has 0 aliphatic carbocycles. The smallest absolute Gasteiger partial charge is 0.274 e. The summed E-state index contributed by atoms with van der Waals surface area (Å²) in [6.07, 6.45) is 0. The Bertz CT molecular complexity index is 1200. The molecule has 0 unspecified atom stereocenters. The average molecular weight is 430 g/mol. The molecular formula is C24H19N3OS2. The van der Waals surface area contributed by atoms with Crippen molar-refractivity contribution in [2.45, 2.75) is 11.8 Å². The van der Waals surface area contributed by atoms with Gasteiger partial charge < -0.3 is 4.90 Å². The summed E-state index contributed by atoms with van der Waals surface area (Å²) in [5.41, 5.74) is 3.89. The number of fused-ring (bicyclic) bond motifs is 1. The number of hydrogen-bond donors (Lipinski definition) is 0. The van der Waals surface area contributed by atoms with Gasteiger partial charge in [-0.05, 0) is 54.6 Å². The Morgan fingerprint density at radius 2 is 1.53 bits per heavy atom. The van der Waals surface area contributed by atoms with Crippen LogP contribution in [0.2, 0.25) is 0 Å². The number of amides is 1. The Labute approximate surface area is 184 Å². The SMILES string of the molecule is Cc1ccccc1N=C1SC(=C2Sc3ccccc3N2C)C(=O)N1c1ccccc1. The number of carbonyl (C=O) groups is 1. The molecule has 4 nitrogen and oxygen atoms in total. The van der Waals surface area contributed by atoms with E-state index in [1.807, 2.05) is 80.7 Å². The van der Waals surface area contributed by atoms with Crippen molar-refractivity contribution in [1.82, 2.24) is 0 Å². The van der Waals surface area contributed by atoms with Crippen LogP contribution in [0.15, 0.2) is 98.7 Å². The van der Waals surface area contributed by atoms with E-state index in [2.05, 4.69) is 17.0 Å². The van der Waals surface area contributed by atoms with E-state index in [0.717, 1.165) is 32.6 Å². The van der Waals surface area contributed by atoms with Crippen LogP contribution in [0.3, 0.4) is 0 Å². The molecule has 2 aliphatic rings. The van der Waals surface area contributed by atoms with Gasteiger partial charge in [-0.1, -0.05) is 60.3 Å². The van der Waals surface area contributed by atoms with Crippen LogP contribution in [0.25, 0.3) is 0 Å². The van der Waals surface area contributed by atoms with Crippen LogP contribution in [0.5, 0.6) is 0 Å². The maximum Gasteiger partial charge on any atom is 0.274 e. The first-order valence-electron chi connectivity index (χ1n) is 9.60. The van der Waals surface area contributed by atoms with Gasteiger partial charge in [0.05, 0.1) is 22.1 Å². The van der Waals surface area contributed by atoms with E-state index in [1.165, 1.54) is 11.8 Å². The van der Waals surface area contributed by atoms with Crippen LogP contribution < -0.4 is 9.80 Å². The molecule has 1 saturated heterocycles. The molecule has 0 aromatic heterocycles. The fourth-order valence-corrected chi connectivity index (χ4v) is 5.81. The third-order valence-electron chi connectivity index (χ3n) is 5.06. The summed E-state index contributed by atoms with van der Waals surface area (Å²) in [4.78, 5) is 24.2. The van der Waals surface area contributed by atoms with Gasteiger partial charge in [0.15, 0.2) is 5.17 Å². The van der Waals surface area contributed by atoms with Crippen molar-refractivity contribution in [3.63, 3.8) is 0 Å². The van der Waals surface area contributed by atoms with Crippen molar-refractivity contribution in [1.29, 1.82) is 0 Å². The van der Waals surface area contributed by atoms with Crippen molar-refractivity contribution in [2.75, 3.05) is 16.8 Å². The lowest BCUT2D eigenvalue weighted by Crippen LogP contribution is -2.29. The van der Waals surface area contributed by atoms with E-state index >= 15 is 0 Å². The number of aryl methyl sites for hydroxylation is 1. The molecule has 0 bridgehead atoms. The Kier molecular flexibility index (Phi) is 4.89. The van der Waals surface area contributed by atoms with Crippen molar-refractivity contribution < 1.29 is 4.79 Å². The Morgan fingerprint density at radius 3 is 2.30 bits per heavy atom. The van der Waals surface area contributed by atoms with E-state index in [0.29, 0.717) is 10.1 Å². The van der Waals surface area contributed by atoms with Crippen molar-refractivity contribution >= 4 is 51.7 Å². The minimum Gasteiger partial charge on any atom is -0.337 e. The van der Waals surface area contributed by atoms with Crippen molar-refractivity contribution in [2.24, 2.45) is 4.99 Å². The van der Waals surface area contributed by atoms with Crippen LogP contribution in [-0.2, 0) is 4.79 Å². The lowest BCUT2D eigenvalue weighted by Gasteiger charge is -2.16. The number of hydrogen-bond acceptors (Lipinski definition) is 5. The zero-order valence-corrected chi connectivity index (χ0v) is 18.2. The summed E-state index contributed by atoms with van der Waals surface area (Å²) in [6, 6.07) is 25.9. The molecule has 6 heteroatoms. The molecule has 0 spiro atoms. The standard InChI is InChI=1S/C24H19N3OS2/c1-16-10-6-7-13-18(16)25-24-27(17-11-4-3-5-12-17)22(28)21(30-24)23-26(2)19-14-8-9-15-20(19)29-23/h3-15H,1-2H3. The number of rotatable bonds is 2. The van der Waals surface area contributed by atoms with E-state index in [9.17, 15) is 4.79 Å². The molecule has 1 fully saturated rings. The molecule has 1 amide bonds. The molecule has 0 radical (unpaired) electrons. The topological polar surface area (TPSA) is 35.9 Å². The molecule has 2 aliphatic heterocycles. The Hall–Kier alpha value is -2.96. The van der Waals surface area contributed by atoms with Gasteiger partial charge in [0.25, 0.3) is 5.91 Å². The van der Waals surface area contributed by atoms with Crippen LogP contribution in [-0.4, -0.2) is 18.1 Å². The summed E-state index contributed by atoms with van der Waals surface area (Å²) in [7, 11) is 2.01. The molecule has 2 heterocycles. The number of nitrogens with zero attached hydrogens (tertiary/aromatic N) is 3. The average Bonchev–Trinajstić information content (AvgIpc) is 3.27. The Morgan fingerprint density at radius 1 is 0.833 bits per heavy atom. The number of anilines is 2. The van der Waals surface area contributed by atoms with Gasteiger partial charge in [-0.15, -0.1) is 0 Å². The summed E-state index contributed by atoms with van der Waals surface area (Å²) in [5.74, 6) is -0.0410. The maximum absolute atomic E-state index is 13.6. The highest BCUT2D eigenvalue weighted by molar-refractivity contribution is 8.20. The van der Waals surface area contributed by atoms with Gasteiger partial charge in [-0.25, -0.2) is 4.99 Å². The molecule has 0 N–H and O–H groups in total. The third-order valence-corrected chi connectivity index (χ3v) is 7.45. The number of para-hydroxylation sites is 3. The van der Waals surface area contributed by atoms with Crippen LogP contribution in [0.1, 0.15) is 5.56 Å². The van der Waals surface area contributed by atoms with Crippen molar-refractivity contribution in [3.8, 4) is 0 Å². The molecule has 5 rings (SSSR count). The van der Waals surface area contributed by atoms with Crippen LogP contribution in [0.4, 0.5) is 17.1 Å². The maximum atomic E-state index is 13.6. The molecule has 30 heavy (non-hydrogen) atoms. The molecule has 0 atom stereocenters. The first kappa shape index (κ1) is 19.0. The minimum atomic E-state index is -0.0410. The fourth-order valence-electron chi connectivity index (χ4n) is 3.47. The monoisotopic (exact) mass is 429 g/mol. The predicted octanol–water partition coefficient (Wildman–Crippen LogP) is 6.17. The molecule has 3 aromatic rings. The third kappa shape index (κ3) is 3.22. The lowest BCUT2D eigenvalue weighted by molar-refractivity contribution is -0.113. The van der Waals surface area contributed by atoms with Gasteiger partial charge >= 0.3 is 0 Å². The first-order chi connectivity index (χ1) is 14.6. The normalized spacial score (nSPS) is 19.7. The number of aliphatic imine (C=N–C) groups is 1. The zero-order chi connectivity index (χ0) is 20.7. The molecular weight excluding hydrogens is 410 g/mol. The van der Waals surface area contributed by atoms with E-state index in [4.69, 9.17) is 4.99 Å². The van der Waals surface area contributed by atoms with Gasteiger partial charge in [-0.3, -0.25) is 9.69 Å². The van der Waals surface area contributed by atoms with Crippen LogP contribution >= 0.6 is 23.5 Å². The summed E-state index contributed by atoms with van der Waals surface area (Å²) in [6.45, 7) is 2.03. The van der Waals surface area contributed by atoms with Crippen LogP contribution in [0, 0.1) is 6.92 Å². The zero-order valence-electron chi connectivity index (χ0n) is 16.6. The Balaban J connectivity index is 1.63. The van der Waals surface area contributed by atoms with Gasteiger partial charge in [0.1, 0.15) is 4.91 Å². The molecule has 3 aromatic carbocycles. The number of carbonyl (C=O) groups excluding carboxylic acids is 1. The molecule has 148 valence electrons. The quantitative estimate of drug-likeness (QED) is 0.456. The lowest BCUT2D eigenvalue weighted by atomic mass is 10.2. The summed E-state index contributed by atoms with van der Waals surface area (Å²) in [5, 5.41) is 1.62. The summed E-state index contributed by atoms with van der Waals surface area (Å²) < 4.78 is 0. The second-order valence-corrected chi connectivity index (χ2v) is 9.03. The van der Waals surface area contributed by atoms with Gasteiger partial charge in [0.2, 0.25) is 0 Å². The van der Waals surface area contributed by atoms with E-state index in [1.54, 1.807) is 16.7 Å². The highest BCUT2D eigenvalue weighted by Crippen LogP contribution is 2.50. The predicted molar refractivity (Wildman–Crippen MR) is 128 cm³/mol. The number of benzene rings is 3. The highest BCUT2D eigenvalue weighted by Gasteiger charge is 2.40. The first-order valence-corrected chi connectivity index (χ1v) is 11.2. The van der Waals surface area contributed by atoms with Crippen molar-refractivity contribution in [3.05, 3.63) is 94.4 Å². The minimum absolute atomic E-state index is 0.0410. The van der Waals surface area contributed by atoms with E-state index < -0.39 is 0 Å². The fraction of sp³-hybridized carbons (Fsp3) is 0.0833. The highest BCUT2D eigenvalue weighted by atomic mass is 32.2. The van der Waals surface area contributed by atoms with Gasteiger partial charge in [0, 0.05) is 11.9 Å². The second kappa shape index (κ2) is 7.70. The van der Waals surface area contributed by atoms with E-state index in [-0.39, 0.29) is 5.91 Å². The van der Waals surface area contributed by atoms with Gasteiger partial charge in [-0.2, -0.15) is 0 Å². The number of amidine groups is 1. The second-order valence-electron chi connectivity index (χ2n) is 7.02. The summed E-state index contributed by atoms with van der Waals surface area (Å²) >= 11 is 3.08. The molecule has 0 saturated carbocycles.